The Kier molecular flexibility index (Phi) is 6.11. The SMILES string of the molecule is Cc1nn(-c2ccccc2)c2sc(C(=O)N(C)CC(C)(C)CN)cc12.Cl. The maximum Gasteiger partial charge on any atom is 0.263 e. The van der Waals surface area contributed by atoms with Gasteiger partial charge in [0.1, 0.15) is 4.83 Å². The smallest absolute Gasteiger partial charge is 0.263 e. The predicted molar refractivity (Wildman–Crippen MR) is 111 cm³/mol. The first-order chi connectivity index (χ1) is 11.8. The van der Waals surface area contributed by atoms with Gasteiger partial charge in [0.25, 0.3) is 5.91 Å². The molecule has 0 aliphatic rings. The molecule has 5 nitrogen and oxygen atoms in total. The second kappa shape index (κ2) is 7.78. The van der Waals surface area contributed by atoms with Gasteiger partial charge in [-0.2, -0.15) is 5.10 Å². The molecular formula is C19H25ClN4OS. The highest BCUT2D eigenvalue weighted by Crippen LogP contribution is 2.31. The van der Waals surface area contributed by atoms with E-state index in [1.807, 2.05) is 55.1 Å². The molecule has 3 aromatic rings. The van der Waals surface area contributed by atoms with Crippen molar-refractivity contribution in [1.82, 2.24) is 14.7 Å². The molecule has 0 aliphatic carbocycles. The molecule has 0 unspecified atom stereocenters. The summed E-state index contributed by atoms with van der Waals surface area (Å²) in [6.07, 6.45) is 0. The lowest BCUT2D eigenvalue weighted by Gasteiger charge is -2.28. The Morgan fingerprint density at radius 1 is 1.31 bits per heavy atom. The van der Waals surface area contributed by atoms with Crippen LogP contribution in [0, 0.1) is 12.3 Å². The molecular weight excluding hydrogens is 368 g/mol. The molecule has 0 saturated heterocycles. The molecule has 26 heavy (non-hydrogen) atoms. The Morgan fingerprint density at radius 3 is 2.58 bits per heavy atom. The number of nitrogens with two attached hydrogens (primary N) is 1. The van der Waals surface area contributed by atoms with Gasteiger partial charge in [-0.3, -0.25) is 4.79 Å². The number of fused-ring (bicyclic) bond motifs is 1. The number of nitrogens with zero attached hydrogens (tertiary/aromatic N) is 3. The second-order valence-corrected chi connectivity index (χ2v) is 8.22. The van der Waals surface area contributed by atoms with Crippen LogP contribution in [0.1, 0.15) is 29.2 Å². The summed E-state index contributed by atoms with van der Waals surface area (Å²) in [4.78, 5) is 16.3. The van der Waals surface area contributed by atoms with E-state index in [4.69, 9.17) is 5.73 Å². The number of carbonyl (C=O) groups is 1. The number of benzene rings is 1. The summed E-state index contributed by atoms with van der Waals surface area (Å²) in [5.41, 5.74) is 7.62. The minimum Gasteiger partial charge on any atom is -0.340 e. The van der Waals surface area contributed by atoms with E-state index in [9.17, 15) is 4.79 Å². The van der Waals surface area contributed by atoms with Gasteiger partial charge >= 0.3 is 0 Å². The van der Waals surface area contributed by atoms with Crippen molar-refractivity contribution in [3.05, 3.63) is 47.0 Å². The highest BCUT2D eigenvalue weighted by atomic mass is 35.5. The lowest BCUT2D eigenvalue weighted by Crippen LogP contribution is -2.39. The van der Waals surface area contributed by atoms with Crippen molar-refractivity contribution in [3.8, 4) is 5.69 Å². The topological polar surface area (TPSA) is 64.2 Å². The van der Waals surface area contributed by atoms with E-state index < -0.39 is 0 Å². The Bertz CT molecular complexity index is 901. The van der Waals surface area contributed by atoms with Crippen LogP contribution in [0.2, 0.25) is 0 Å². The molecule has 0 atom stereocenters. The lowest BCUT2D eigenvalue weighted by molar-refractivity contribution is 0.0745. The minimum absolute atomic E-state index is 0. The fourth-order valence-corrected chi connectivity index (χ4v) is 4.04. The summed E-state index contributed by atoms with van der Waals surface area (Å²) >= 11 is 1.49. The normalized spacial score (nSPS) is 11.4. The quantitative estimate of drug-likeness (QED) is 0.716. The van der Waals surface area contributed by atoms with E-state index >= 15 is 0 Å². The van der Waals surface area contributed by atoms with Gasteiger partial charge in [-0.1, -0.05) is 32.0 Å². The first kappa shape index (κ1) is 20.4. The largest absolute Gasteiger partial charge is 0.340 e. The van der Waals surface area contributed by atoms with Crippen molar-refractivity contribution in [2.75, 3.05) is 20.1 Å². The van der Waals surface area contributed by atoms with Crippen LogP contribution in [0.15, 0.2) is 36.4 Å². The van der Waals surface area contributed by atoms with E-state index in [2.05, 4.69) is 18.9 Å². The summed E-state index contributed by atoms with van der Waals surface area (Å²) in [5.74, 6) is 0.0294. The standard InChI is InChI=1S/C19H24N4OS.ClH/c1-13-15-10-16(17(24)22(4)12-19(2,3)11-20)25-18(15)23(21-13)14-8-6-5-7-9-14;/h5-10H,11-12,20H2,1-4H3;1H. The number of thiophene rings is 1. The summed E-state index contributed by atoms with van der Waals surface area (Å²) in [5, 5.41) is 5.65. The molecule has 0 bridgehead atoms. The van der Waals surface area contributed by atoms with Gasteiger partial charge in [0, 0.05) is 19.0 Å². The van der Waals surface area contributed by atoms with Gasteiger partial charge in [0.05, 0.1) is 16.3 Å². The molecule has 2 heterocycles. The molecule has 2 N–H and O–H groups in total. The summed E-state index contributed by atoms with van der Waals surface area (Å²) in [7, 11) is 1.83. The highest BCUT2D eigenvalue weighted by molar-refractivity contribution is 7.20. The van der Waals surface area contributed by atoms with Gasteiger partial charge in [-0.15, -0.1) is 23.7 Å². The molecule has 0 aliphatic heterocycles. The molecule has 1 aromatic carbocycles. The first-order valence-corrected chi connectivity index (χ1v) is 9.14. The number of hydrogen-bond acceptors (Lipinski definition) is 4. The van der Waals surface area contributed by atoms with Crippen LogP contribution in [0.4, 0.5) is 0 Å². The third kappa shape index (κ3) is 3.92. The number of para-hydroxylation sites is 1. The average molecular weight is 393 g/mol. The molecule has 0 radical (unpaired) electrons. The van der Waals surface area contributed by atoms with Gasteiger partial charge in [-0.25, -0.2) is 4.68 Å². The molecule has 3 rings (SSSR count). The Hall–Kier alpha value is -1.89. The Morgan fingerprint density at radius 2 is 1.96 bits per heavy atom. The van der Waals surface area contributed by atoms with Gasteiger partial charge < -0.3 is 10.6 Å². The maximum atomic E-state index is 12.8. The molecule has 0 spiro atoms. The van der Waals surface area contributed by atoms with Crippen LogP contribution < -0.4 is 5.73 Å². The van der Waals surface area contributed by atoms with Crippen LogP contribution in [-0.2, 0) is 0 Å². The zero-order valence-electron chi connectivity index (χ0n) is 15.5. The van der Waals surface area contributed by atoms with Crippen LogP contribution in [0.3, 0.4) is 0 Å². The van der Waals surface area contributed by atoms with Crippen molar-refractivity contribution in [3.63, 3.8) is 0 Å². The van der Waals surface area contributed by atoms with Crippen LogP contribution >= 0.6 is 23.7 Å². The van der Waals surface area contributed by atoms with Crippen molar-refractivity contribution >= 4 is 39.9 Å². The van der Waals surface area contributed by atoms with Crippen LogP contribution in [-0.4, -0.2) is 40.7 Å². The fourth-order valence-electron chi connectivity index (χ4n) is 2.86. The summed E-state index contributed by atoms with van der Waals surface area (Å²) in [6.45, 7) is 7.28. The van der Waals surface area contributed by atoms with Crippen LogP contribution in [0.5, 0.6) is 0 Å². The Labute approximate surface area is 164 Å². The second-order valence-electron chi connectivity index (χ2n) is 7.19. The fraction of sp³-hybridized carbons (Fsp3) is 0.368. The van der Waals surface area contributed by atoms with E-state index in [1.165, 1.54) is 11.3 Å². The van der Waals surface area contributed by atoms with Crippen molar-refractivity contribution < 1.29 is 4.79 Å². The van der Waals surface area contributed by atoms with Gasteiger partial charge in [0.15, 0.2) is 0 Å². The van der Waals surface area contributed by atoms with E-state index in [0.29, 0.717) is 13.1 Å². The lowest BCUT2D eigenvalue weighted by atomic mass is 9.93. The van der Waals surface area contributed by atoms with Crippen molar-refractivity contribution in [1.29, 1.82) is 0 Å². The van der Waals surface area contributed by atoms with Crippen molar-refractivity contribution in [2.24, 2.45) is 11.1 Å². The van der Waals surface area contributed by atoms with Gasteiger partial charge in [-0.05, 0) is 37.1 Å². The monoisotopic (exact) mass is 392 g/mol. The van der Waals surface area contributed by atoms with E-state index in [0.717, 1.165) is 26.5 Å². The maximum absolute atomic E-state index is 12.8. The third-order valence-electron chi connectivity index (χ3n) is 4.32. The number of carbonyl (C=O) groups excluding carboxylic acids is 1. The van der Waals surface area contributed by atoms with Crippen molar-refractivity contribution in [2.45, 2.75) is 20.8 Å². The number of amides is 1. The Balaban J connectivity index is 0.00000243. The van der Waals surface area contributed by atoms with Crippen LogP contribution in [0.25, 0.3) is 15.9 Å². The number of rotatable bonds is 5. The molecule has 0 saturated carbocycles. The summed E-state index contributed by atoms with van der Waals surface area (Å²) < 4.78 is 1.91. The molecule has 140 valence electrons. The number of hydrogen-bond donors (Lipinski definition) is 1. The molecule has 2 aromatic heterocycles. The third-order valence-corrected chi connectivity index (χ3v) is 5.42. The zero-order valence-corrected chi connectivity index (χ0v) is 17.2. The summed E-state index contributed by atoms with van der Waals surface area (Å²) in [6, 6.07) is 11.9. The minimum atomic E-state index is -0.0994. The highest BCUT2D eigenvalue weighted by Gasteiger charge is 2.24. The molecule has 0 fully saturated rings. The van der Waals surface area contributed by atoms with Gasteiger partial charge in [0.2, 0.25) is 0 Å². The molecule has 1 amide bonds. The molecule has 7 heteroatoms. The predicted octanol–water partition coefficient (Wildman–Crippen LogP) is 3.87. The number of aryl methyl sites for hydroxylation is 1. The van der Waals surface area contributed by atoms with E-state index in [1.54, 1.807) is 4.90 Å². The number of aromatic nitrogens is 2. The average Bonchev–Trinajstić information content (AvgIpc) is 3.15. The first-order valence-electron chi connectivity index (χ1n) is 8.32. The zero-order chi connectivity index (χ0) is 18.2. The van der Waals surface area contributed by atoms with E-state index in [-0.39, 0.29) is 23.7 Å². The number of halogens is 1.